The highest BCUT2D eigenvalue weighted by Gasteiger charge is 2.11. The summed E-state index contributed by atoms with van der Waals surface area (Å²) < 4.78 is 47.9. The molecule has 86 valence electrons. The molecule has 0 fully saturated rings. The first-order chi connectivity index (χ1) is 6.15. The number of hydrogen-bond acceptors (Lipinski definition) is 4. The summed E-state index contributed by atoms with van der Waals surface area (Å²) in [7, 11) is -4.56. The molecule has 0 amide bonds. The highest BCUT2D eigenvalue weighted by atomic mass is 32.2. The first kappa shape index (κ1) is 13.7. The Morgan fingerprint density at radius 1 is 1.07 bits per heavy atom. The van der Waals surface area contributed by atoms with E-state index in [9.17, 15) is 16.8 Å². The maximum atomic E-state index is 11.1. The smallest absolute Gasteiger partial charge is 0.216 e. The van der Waals surface area contributed by atoms with Crippen LogP contribution in [0, 0.1) is 0 Å². The lowest BCUT2D eigenvalue weighted by Crippen LogP contribution is -2.41. The van der Waals surface area contributed by atoms with Gasteiger partial charge in [-0.25, -0.2) is 14.6 Å². The second-order valence-electron chi connectivity index (χ2n) is 2.62. The fourth-order valence-electron chi connectivity index (χ4n) is 0.502. The van der Waals surface area contributed by atoms with Crippen molar-refractivity contribution in [3.05, 3.63) is 0 Å². The van der Waals surface area contributed by atoms with Gasteiger partial charge in [-0.2, -0.15) is 21.1 Å². The van der Waals surface area contributed by atoms with Crippen LogP contribution in [0.5, 0.6) is 0 Å². The van der Waals surface area contributed by atoms with Gasteiger partial charge in [0.25, 0.3) is 20.4 Å². The second-order valence-corrected chi connectivity index (χ2v) is 5.97. The molecule has 0 radical (unpaired) electrons. The first-order valence-electron chi connectivity index (χ1n) is 3.59. The molecule has 0 saturated carbocycles. The highest BCUT2D eigenvalue weighted by molar-refractivity contribution is 7.87. The fraction of sp³-hybridized carbons (Fsp3) is 1.00. The Bertz CT molecular complexity index is 359. The molecule has 0 spiro atoms. The number of nitrogens with two attached hydrogens (primary N) is 1. The van der Waals surface area contributed by atoms with E-state index in [0.29, 0.717) is 0 Å². The van der Waals surface area contributed by atoms with Gasteiger partial charge < -0.3 is 0 Å². The standard InChI is InChI=1S/C4H14N4O4S2/c1-8(2)14(11,12)7-4-3-6-13(5,9)10/h6-7H,3-4H2,1-2H3,(H2,5,9,10). The minimum Gasteiger partial charge on any atom is -0.216 e. The van der Waals surface area contributed by atoms with Crippen LogP contribution in [-0.2, 0) is 20.4 Å². The lowest BCUT2D eigenvalue weighted by atomic mass is 10.7. The molecule has 0 aliphatic heterocycles. The Hall–Kier alpha value is -0.260. The molecule has 0 aromatic carbocycles. The zero-order valence-corrected chi connectivity index (χ0v) is 9.52. The first-order valence-corrected chi connectivity index (χ1v) is 6.58. The highest BCUT2D eigenvalue weighted by Crippen LogP contribution is 1.85. The minimum absolute atomic E-state index is 0.0586. The van der Waals surface area contributed by atoms with Gasteiger partial charge in [-0.05, 0) is 0 Å². The van der Waals surface area contributed by atoms with E-state index >= 15 is 0 Å². The van der Waals surface area contributed by atoms with E-state index in [2.05, 4.69) is 9.86 Å². The monoisotopic (exact) mass is 246 g/mol. The molecular weight excluding hydrogens is 232 g/mol. The molecule has 0 aliphatic rings. The maximum absolute atomic E-state index is 11.1. The zero-order valence-electron chi connectivity index (χ0n) is 7.89. The summed E-state index contributed by atoms with van der Waals surface area (Å²) in [4.78, 5) is 0. The van der Waals surface area contributed by atoms with Gasteiger partial charge in [0.2, 0.25) is 0 Å². The van der Waals surface area contributed by atoms with Crippen LogP contribution in [0.25, 0.3) is 0 Å². The Morgan fingerprint density at radius 3 is 1.86 bits per heavy atom. The molecule has 0 atom stereocenters. The summed E-state index contributed by atoms with van der Waals surface area (Å²) in [5, 5.41) is 4.62. The van der Waals surface area contributed by atoms with Crippen molar-refractivity contribution in [2.45, 2.75) is 0 Å². The van der Waals surface area contributed by atoms with Crippen LogP contribution < -0.4 is 14.6 Å². The van der Waals surface area contributed by atoms with Crippen LogP contribution in [-0.4, -0.2) is 48.3 Å². The molecule has 0 aromatic heterocycles. The molecule has 0 rings (SSSR count). The van der Waals surface area contributed by atoms with E-state index in [1.54, 1.807) is 0 Å². The molecule has 0 aliphatic carbocycles. The van der Waals surface area contributed by atoms with Gasteiger partial charge in [0.05, 0.1) is 0 Å². The van der Waals surface area contributed by atoms with E-state index in [-0.39, 0.29) is 13.1 Å². The average Bonchev–Trinajstić information content (AvgIpc) is 1.96. The molecule has 0 bridgehead atoms. The van der Waals surface area contributed by atoms with E-state index in [0.717, 1.165) is 4.31 Å². The lowest BCUT2D eigenvalue weighted by Gasteiger charge is -2.11. The third kappa shape index (κ3) is 6.23. The molecule has 0 heterocycles. The second kappa shape index (κ2) is 5.00. The van der Waals surface area contributed by atoms with Gasteiger partial charge in [-0.3, -0.25) is 0 Å². The van der Waals surface area contributed by atoms with Crippen LogP contribution in [0.1, 0.15) is 0 Å². The van der Waals surface area contributed by atoms with Crippen LogP contribution >= 0.6 is 0 Å². The van der Waals surface area contributed by atoms with Crippen molar-refractivity contribution >= 4 is 20.4 Å². The van der Waals surface area contributed by atoms with Gasteiger partial charge in [-0.15, -0.1) is 0 Å². The Kier molecular flexibility index (Phi) is 4.91. The van der Waals surface area contributed by atoms with E-state index in [1.165, 1.54) is 14.1 Å². The van der Waals surface area contributed by atoms with E-state index in [4.69, 9.17) is 0 Å². The summed E-state index contributed by atoms with van der Waals surface area (Å²) in [6, 6.07) is 0. The van der Waals surface area contributed by atoms with E-state index < -0.39 is 20.4 Å². The van der Waals surface area contributed by atoms with Crippen LogP contribution in [0.4, 0.5) is 0 Å². The third-order valence-electron chi connectivity index (χ3n) is 1.19. The topological polar surface area (TPSA) is 122 Å². The van der Waals surface area contributed by atoms with Gasteiger partial charge >= 0.3 is 0 Å². The molecule has 4 N–H and O–H groups in total. The summed E-state index contributed by atoms with van der Waals surface area (Å²) in [6.07, 6.45) is 0. The summed E-state index contributed by atoms with van der Waals surface area (Å²) in [5.74, 6) is 0. The SMILES string of the molecule is CN(C)S(=O)(=O)NCCNS(N)(=O)=O. The Labute approximate surface area is 83.8 Å². The molecule has 0 unspecified atom stereocenters. The zero-order chi connectivity index (χ0) is 11.4. The van der Waals surface area contributed by atoms with Crippen molar-refractivity contribution < 1.29 is 16.8 Å². The molecule has 0 aromatic rings. The van der Waals surface area contributed by atoms with Crippen LogP contribution in [0.15, 0.2) is 0 Å². The van der Waals surface area contributed by atoms with Gasteiger partial charge in [0, 0.05) is 27.2 Å². The van der Waals surface area contributed by atoms with Gasteiger partial charge in [0.1, 0.15) is 0 Å². The quantitative estimate of drug-likeness (QED) is 0.437. The summed E-state index contributed by atoms with van der Waals surface area (Å²) >= 11 is 0. The Morgan fingerprint density at radius 2 is 1.50 bits per heavy atom. The summed E-state index contributed by atoms with van der Waals surface area (Å²) in [5.41, 5.74) is 0. The number of hydrogen-bond donors (Lipinski definition) is 3. The fourth-order valence-corrected chi connectivity index (χ4v) is 1.51. The minimum atomic E-state index is -3.76. The van der Waals surface area contributed by atoms with Crippen molar-refractivity contribution in [2.75, 3.05) is 27.2 Å². The average molecular weight is 246 g/mol. The van der Waals surface area contributed by atoms with Crippen molar-refractivity contribution in [2.24, 2.45) is 5.14 Å². The molecule has 0 saturated heterocycles. The van der Waals surface area contributed by atoms with Crippen molar-refractivity contribution in [3.8, 4) is 0 Å². The van der Waals surface area contributed by atoms with E-state index in [1.807, 2.05) is 4.72 Å². The maximum Gasteiger partial charge on any atom is 0.278 e. The number of rotatable bonds is 6. The lowest BCUT2D eigenvalue weighted by molar-refractivity contribution is 0.505. The molecule has 8 nitrogen and oxygen atoms in total. The predicted octanol–water partition coefficient (Wildman–Crippen LogP) is -2.82. The van der Waals surface area contributed by atoms with Crippen molar-refractivity contribution in [3.63, 3.8) is 0 Å². The van der Waals surface area contributed by atoms with Crippen molar-refractivity contribution in [1.29, 1.82) is 0 Å². The normalized spacial score (nSPS) is 13.4. The third-order valence-corrected chi connectivity index (χ3v) is 3.33. The predicted molar refractivity (Wildman–Crippen MR) is 51.7 cm³/mol. The van der Waals surface area contributed by atoms with Gasteiger partial charge in [0.15, 0.2) is 0 Å². The van der Waals surface area contributed by atoms with Crippen LogP contribution in [0.2, 0.25) is 0 Å². The largest absolute Gasteiger partial charge is 0.278 e. The number of nitrogens with one attached hydrogen (secondary N) is 2. The van der Waals surface area contributed by atoms with Crippen molar-refractivity contribution in [1.82, 2.24) is 13.7 Å². The Balaban J connectivity index is 3.88. The summed E-state index contributed by atoms with van der Waals surface area (Å²) in [6.45, 7) is -0.150. The molecule has 10 heteroatoms. The van der Waals surface area contributed by atoms with Gasteiger partial charge in [-0.1, -0.05) is 0 Å². The molecular formula is C4H14N4O4S2. The number of nitrogens with zero attached hydrogens (tertiary/aromatic N) is 1. The molecule has 14 heavy (non-hydrogen) atoms. The van der Waals surface area contributed by atoms with Crippen LogP contribution in [0.3, 0.4) is 0 Å².